The predicted octanol–water partition coefficient (Wildman–Crippen LogP) is 3.40. The maximum absolute atomic E-state index is 6.01. The minimum atomic E-state index is 0.397. The zero-order valence-corrected chi connectivity index (χ0v) is 10.9. The molecule has 0 spiro atoms. The predicted molar refractivity (Wildman–Crippen MR) is 71.0 cm³/mol. The molecule has 2 nitrogen and oxygen atoms in total. The summed E-state index contributed by atoms with van der Waals surface area (Å²) in [6.07, 6.45) is 0. The van der Waals surface area contributed by atoms with Crippen LogP contribution in [-0.4, -0.2) is 13.1 Å². The number of nitrogens with zero attached hydrogens (tertiary/aromatic N) is 1. The molecule has 1 fully saturated rings. The number of halogens is 1. The number of hydrogen-bond donors (Lipinski definition) is 1. The molecule has 0 unspecified atom stereocenters. The summed E-state index contributed by atoms with van der Waals surface area (Å²) in [7, 11) is 0. The molecule has 0 bridgehead atoms. The normalized spacial score (nSPS) is 17.4. The molecule has 0 aromatic heterocycles. The number of nitrogen functional groups attached to an aromatic ring is 1. The van der Waals surface area contributed by atoms with Crippen molar-refractivity contribution >= 4 is 23.0 Å². The first-order valence-electron chi connectivity index (χ1n) is 5.68. The number of benzene rings is 1. The van der Waals surface area contributed by atoms with Crippen molar-refractivity contribution in [2.45, 2.75) is 20.8 Å². The van der Waals surface area contributed by atoms with Gasteiger partial charge < -0.3 is 10.6 Å². The van der Waals surface area contributed by atoms with Crippen molar-refractivity contribution in [3.8, 4) is 0 Å². The van der Waals surface area contributed by atoms with Crippen LogP contribution in [0.4, 0.5) is 11.4 Å². The minimum Gasteiger partial charge on any atom is -0.398 e. The third kappa shape index (κ3) is 2.12. The van der Waals surface area contributed by atoms with Gasteiger partial charge in [0, 0.05) is 18.8 Å². The zero-order chi connectivity index (χ0) is 11.9. The third-order valence-electron chi connectivity index (χ3n) is 3.46. The fourth-order valence-electron chi connectivity index (χ4n) is 1.95. The summed E-state index contributed by atoms with van der Waals surface area (Å²) in [5, 5.41) is 0.650. The molecule has 0 atom stereocenters. The largest absolute Gasteiger partial charge is 0.398 e. The van der Waals surface area contributed by atoms with Gasteiger partial charge in [0.25, 0.3) is 0 Å². The summed E-state index contributed by atoms with van der Waals surface area (Å²) in [5.74, 6) is 0.767. The quantitative estimate of drug-likeness (QED) is 0.760. The van der Waals surface area contributed by atoms with Crippen LogP contribution in [0.2, 0.25) is 5.02 Å². The van der Waals surface area contributed by atoms with Crippen LogP contribution in [-0.2, 0) is 0 Å². The van der Waals surface area contributed by atoms with E-state index in [-0.39, 0.29) is 0 Å². The van der Waals surface area contributed by atoms with Gasteiger partial charge in [0.1, 0.15) is 0 Å². The molecule has 1 aliphatic rings. The van der Waals surface area contributed by atoms with Crippen LogP contribution in [0.15, 0.2) is 18.2 Å². The van der Waals surface area contributed by atoms with E-state index in [4.69, 9.17) is 17.3 Å². The number of anilines is 2. The van der Waals surface area contributed by atoms with Gasteiger partial charge >= 0.3 is 0 Å². The van der Waals surface area contributed by atoms with Crippen LogP contribution in [0.3, 0.4) is 0 Å². The van der Waals surface area contributed by atoms with Gasteiger partial charge in [0.2, 0.25) is 0 Å². The monoisotopic (exact) mass is 238 g/mol. The summed E-state index contributed by atoms with van der Waals surface area (Å²) >= 11 is 6.01. The van der Waals surface area contributed by atoms with Crippen LogP contribution in [0.1, 0.15) is 20.8 Å². The molecule has 2 N–H and O–H groups in total. The smallest absolute Gasteiger partial charge is 0.0656 e. The highest BCUT2D eigenvalue weighted by atomic mass is 35.5. The summed E-state index contributed by atoms with van der Waals surface area (Å²) in [6, 6.07) is 5.87. The standard InChI is InChI=1S/C13H19ClN2/c1-13(2,3)9-7-16(8-9)10-4-5-12(15)11(14)6-10/h4-6,9H,7-8,15H2,1-3H3. The van der Waals surface area contributed by atoms with E-state index >= 15 is 0 Å². The lowest BCUT2D eigenvalue weighted by Crippen LogP contribution is -2.52. The van der Waals surface area contributed by atoms with E-state index in [1.165, 1.54) is 5.69 Å². The topological polar surface area (TPSA) is 29.3 Å². The highest BCUT2D eigenvalue weighted by molar-refractivity contribution is 6.33. The SMILES string of the molecule is CC(C)(C)C1CN(c2ccc(N)c(Cl)c2)C1. The highest BCUT2D eigenvalue weighted by Gasteiger charge is 2.35. The Morgan fingerprint density at radius 1 is 1.31 bits per heavy atom. The molecule has 1 saturated heterocycles. The average Bonchev–Trinajstić information content (AvgIpc) is 2.06. The fourth-order valence-corrected chi connectivity index (χ4v) is 2.12. The van der Waals surface area contributed by atoms with Gasteiger partial charge in [-0.2, -0.15) is 0 Å². The Morgan fingerprint density at radius 3 is 2.44 bits per heavy atom. The Morgan fingerprint density at radius 2 is 1.94 bits per heavy atom. The van der Waals surface area contributed by atoms with Crippen LogP contribution in [0, 0.1) is 11.3 Å². The van der Waals surface area contributed by atoms with Crippen LogP contribution in [0.25, 0.3) is 0 Å². The Bertz CT molecular complexity index is 389. The first-order valence-corrected chi connectivity index (χ1v) is 6.05. The minimum absolute atomic E-state index is 0.397. The Hall–Kier alpha value is -0.890. The van der Waals surface area contributed by atoms with Crippen LogP contribution >= 0.6 is 11.6 Å². The Balaban J connectivity index is 2.04. The molecular weight excluding hydrogens is 220 g/mol. The van der Waals surface area contributed by atoms with E-state index in [9.17, 15) is 0 Å². The lowest BCUT2D eigenvalue weighted by molar-refractivity contribution is 0.195. The molecule has 1 aromatic carbocycles. The molecule has 0 amide bonds. The number of nitrogens with two attached hydrogens (primary N) is 1. The lowest BCUT2D eigenvalue weighted by Gasteiger charge is -2.47. The summed E-state index contributed by atoms with van der Waals surface area (Å²) in [4.78, 5) is 2.35. The van der Waals surface area contributed by atoms with Crippen molar-refractivity contribution in [1.82, 2.24) is 0 Å². The van der Waals surface area contributed by atoms with Gasteiger partial charge in [0.05, 0.1) is 10.7 Å². The lowest BCUT2D eigenvalue weighted by atomic mass is 9.76. The maximum Gasteiger partial charge on any atom is 0.0656 e. The third-order valence-corrected chi connectivity index (χ3v) is 3.78. The van der Waals surface area contributed by atoms with E-state index in [0.29, 0.717) is 16.1 Å². The molecule has 88 valence electrons. The van der Waals surface area contributed by atoms with E-state index in [2.05, 4.69) is 25.7 Å². The Kier molecular flexibility index (Phi) is 2.79. The van der Waals surface area contributed by atoms with Gasteiger partial charge in [0.15, 0.2) is 0 Å². The molecule has 0 radical (unpaired) electrons. The van der Waals surface area contributed by atoms with Crippen molar-refractivity contribution in [2.24, 2.45) is 11.3 Å². The Labute approximate surface area is 102 Å². The maximum atomic E-state index is 6.01. The van der Waals surface area contributed by atoms with Crippen molar-refractivity contribution in [1.29, 1.82) is 0 Å². The second kappa shape index (κ2) is 3.85. The van der Waals surface area contributed by atoms with E-state index < -0.39 is 0 Å². The number of hydrogen-bond acceptors (Lipinski definition) is 2. The van der Waals surface area contributed by atoms with Crippen molar-refractivity contribution in [2.75, 3.05) is 23.7 Å². The molecule has 1 heterocycles. The molecule has 1 aliphatic heterocycles. The van der Waals surface area contributed by atoms with Gasteiger partial charge in [-0.05, 0) is 29.5 Å². The zero-order valence-electron chi connectivity index (χ0n) is 10.1. The summed E-state index contributed by atoms with van der Waals surface area (Å²) < 4.78 is 0. The molecule has 1 aromatic rings. The van der Waals surface area contributed by atoms with Crippen molar-refractivity contribution < 1.29 is 0 Å². The molecule has 0 aliphatic carbocycles. The summed E-state index contributed by atoms with van der Waals surface area (Å²) in [5.41, 5.74) is 7.92. The average molecular weight is 239 g/mol. The summed E-state index contributed by atoms with van der Waals surface area (Å²) in [6.45, 7) is 9.12. The molecule has 16 heavy (non-hydrogen) atoms. The van der Waals surface area contributed by atoms with E-state index in [1.54, 1.807) is 0 Å². The fraction of sp³-hybridized carbons (Fsp3) is 0.538. The van der Waals surface area contributed by atoms with E-state index in [1.807, 2.05) is 18.2 Å². The van der Waals surface area contributed by atoms with Crippen LogP contribution < -0.4 is 10.6 Å². The molecular formula is C13H19ClN2. The van der Waals surface area contributed by atoms with E-state index in [0.717, 1.165) is 19.0 Å². The second-order valence-electron chi connectivity index (χ2n) is 5.67. The number of rotatable bonds is 1. The molecule has 3 heteroatoms. The van der Waals surface area contributed by atoms with Crippen molar-refractivity contribution in [3.05, 3.63) is 23.2 Å². The van der Waals surface area contributed by atoms with Crippen molar-refractivity contribution in [3.63, 3.8) is 0 Å². The molecule has 0 saturated carbocycles. The van der Waals surface area contributed by atoms with Gasteiger partial charge in [-0.3, -0.25) is 0 Å². The van der Waals surface area contributed by atoms with Gasteiger partial charge in [-0.25, -0.2) is 0 Å². The molecule has 2 rings (SSSR count). The first-order chi connectivity index (χ1) is 7.38. The first kappa shape index (κ1) is 11.6. The second-order valence-corrected chi connectivity index (χ2v) is 6.08. The van der Waals surface area contributed by atoms with Gasteiger partial charge in [-0.15, -0.1) is 0 Å². The van der Waals surface area contributed by atoms with Crippen LogP contribution in [0.5, 0.6) is 0 Å². The highest BCUT2D eigenvalue weighted by Crippen LogP contribution is 2.37. The van der Waals surface area contributed by atoms with Gasteiger partial charge in [-0.1, -0.05) is 32.4 Å².